The minimum absolute atomic E-state index is 0.0305. The number of likely N-dealkylation sites (tertiary alicyclic amines) is 1. The van der Waals surface area contributed by atoms with Gasteiger partial charge in [-0.3, -0.25) is 4.79 Å². The van der Waals surface area contributed by atoms with Crippen LogP contribution in [0.5, 0.6) is 0 Å². The number of nitriles is 1. The maximum atomic E-state index is 11.3. The molecule has 20 heavy (non-hydrogen) atoms. The summed E-state index contributed by atoms with van der Waals surface area (Å²) in [5.41, 5.74) is 0. The first kappa shape index (κ1) is 23.6. The minimum Gasteiger partial charge on any atom is -0.332 e. The lowest BCUT2D eigenvalue weighted by atomic mass is 10.1. The number of nitrogens with zero attached hydrogens (tertiary/aromatic N) is 2. The summed E-state index contributed by atoms with van der Waals surface area (Å²) in [6.45, 7) is 12.8. The fourth-order valence-corrected chi connectivity index (χ4v) is 1.56. The second kappa shape index (κ2) is 19.8. The zero-order chi connectivity index (χ0) is 16.4. The molecule has 0 aromatic carbocycles. The molecule has 0 spiro atoms. The Hall–Kier alpha value is -1.52. The molecule has 1 aliphatic rings. The molecule has 1 saturated heterocycles. The van der Waals surface area contributed by atoms with E-state index in [1.807, 2.05) is 39.6 Å². The van der Waals surface area contributed by atoms with Gasteiger partial charge in [-0.25, -0.2) is 0 Å². The second-order valence-electron chi connectivity index (χ2n) is 3.45. The molecule has 0 bridgehead atoms. The molecule has 0 aromatic heterocycles. The average molecular weight is 281 g/mol. The van der Waals surface area contributed by atoms with Crippen LogP contribution >= 0.6 is 0 Å². The van der Waals surface area contributed by atoms with Crippen LogP contribution < -0.4 is 5.32 Å². The first-order chi connectivity index (χ1) is 9.69. The summed E-state index contributed by atoms with van der Waals surface area (Å²) in [5, 5.41) is 10.5. The summed E-state index contributed by atoms with van der Waals surface area (Å²) in [5.74, 6) is 5.17. The highest BCUT2D eigenvalue weighted by Crippen LogP contribution is 2.09. The minimum atomic E-state index is -0.0305. The standard InChI is InChI=1S/C10H16N2O.C2H3N.2C2H6/c1-3-4-10(13)12-7-5-9(11-2)6-8-12;1-2-3;2*1-2/h9,11H,5-8H2,1-2H3;1H3;2*1-2H3. The first-order valence-corrected chi connectivity index (χ1v) is 7.39. The largest absolute Gasteiger partial charge is 0.332 e. The van der Waals surface area contributed by atoms with Gasteiger partial charge in [-0.15, -0.1) is 0 Å². The Balaban J connectivity index is -0.000000355. The third-order valence-electron chi connectivity index (χ3n) is 2.42. The summed E-state index contributed by atoms with van der Waals surface area (Å²) < 4.78 is 0. The van der Waals surface area contributed by atoms with E-state index in [2.05, 4.69) is 17.2 Å². The molecule has 1 N–H and O–H groups in total. The van der Waals surface area contributed by atoms with Crippen LogP contribution in [0.4, 0.5) is 0 Å². The van der Waals surface area contributed by atoms with Crippen molar-refractivity contribution < 1.29 is 4.79 Å². The van der Waals surface area contributed by atoms with Crippen molar-refractivity contribution in [2.45, 2.75) is 60.4 Å². The Bertz CT molecular complexity index is 302. The summed E-state index contributed by atoms with van der Waals surface area (Å²) in [4.78, 5) is 13.1. The lowest BCUT2D eigenvalue weighted by Crippen LogP contribution is -2.43. The number of carbonyl (C=O) groups is 1. The van der Waals surface area contributed by atoms with Gasteiger partial charge in [0, 0.05) is 26.1 Å². The van der Waals surface area contributed by atoms with Gasteiger partial charge in [-0.2, -0.15) is 5.26 Å². The molecule has 0 saturated carbocycles. The van der Waals surface area contributed by atoms with Gasteiger partial charge in [0.05, 0.1) is 6.07 Å². The number of hydrogen-bond donors (Lipinski definition) is 1. The van der Waals surface area contributed by atoms with Crippen LogP contribution in [0.15, 0.2) is 0 Å². The quantitative estimate of drug-likeness (QED) is 0.752. The van der Waals surface area contributed by atoms with E-state index >= 15 is 0 Å². The Morgan fingerprint density at radius 3 is 1.85 bits per heavy atom. The Kier molecular flexibility index (Phi) is 23.3. The highest BCUT2D eigenvalue weighted by Gasteiger charge is 2.20. The Morgan fingerprint density at radius 2 is 1.55 bits per heavy atom. The molecule has 1 aliphatic heterocycles. The van der Waals surface area contributed by atoms with Crippen molar-refractivity contribution in [3.8, 4) is 17.9 Å². The monoisotopic (exact) mass is 281 g/mol. The van der Waals surface area contributed by atoms with E-state index in [1.165, 1.54) is 6.92 Å². The number of amides is 1. The number of carbonyl (C=O) groups excluding carboxylic acids is 1. The lowest BCUT2D eigenvalue weighted by Gasteiger charge is -2.30. The van der Waals surface area contributed by atoms with E-state index in [1.54, 1.807) is 13.0 Å². The maximum Gasteiger partial charge on any atom is 0.298 e. The van der Waals surface area contributed by atoms with E-state index < -0.39 is 0 Å². The number of hydrogen-bond acceptors (Lipinski definition) is 3. The zero-order valence-electron chi connectivity index (χ0n) is 14.2. The Labute approximate surface area is 125 Å². The van der Waals surface area contributed by atoms with E-state index in [0.717, 1.165) is 25.9 Å². The highest BCUT2D eigenvalue weighted by molar-refractivity contribution is 5.93. The van der Waals surface area contributed by atoms with Gasteiger partial charge >= 0.3 is 0 Å². The van der Waals surface area contributed by atoms with Gasteiger partial charge in [0.15, 0.2) is 0 Å². The summed E-state index contributed by atoms with van der Waals surface area (Å²) in [6, 6.07) is 2.32. The van der Waals surface area contributed by atoms with Crippen molar-refractivity contribution >= 4 is 5.91 Å². The van der Waals surface area contributed by atoms with Crippen molar-refractivity contribution in [2.75, 3.05) is 20.1 Å². The van der Waals surface area contributed by atoms with Crippen molar-refractivity contribution in [3.63, 3.8) is 0 Å². The molecule has 1 heterocycles. The van der Waals surface area contributed by atoms with Crippen LogP contribution in [0, 0.1) is 23.2 Å². The number of piperidine rings is 1. The van der Waals surface area contributed by atoms with E-state index in [9.17, 15) is 4.79 Å². The average Bonchev–Trinajstić information content (AvgIpc) is 2.52. The number of nitrogens with one attached hydrogen (secondary N) is 1. The third-order valence-corrected chi connectivity index (χ3v) is 2.42. The van der Waals surface area contributed by atoms with E-state index in [-0.39, 0.29) is 5.91 Å². The maximum absolute atomic E-state index is 11.3. The van der Waals surface area contributed by atoms with Crippen LogP contribution in [0.1, 0.15) is 54.4 Å². The topological polar surface area (TPSA) is 56.1 Å². The van der Waals surface area contributed by atoms with Gasteiger partial charge in [-0.05, 0) is 32.7 Å². The molecule has 1 amide bonds. The predicted octanol–water partition coefficient (Wildman–Crippen LogP) is 2.80. The van der Waals surface area contributed by atoms with Gasteiger partial charge in [-0.1, -0.05) is 33.6 Å². The zero-order valence-corrected chi connectivity index (χ0v) is 14.2. The molecule has 0 unspecified atom stereocenters. The van der Waals surface area contributed by atoms with E-state index in [4.69, 9.17) is 5.26 Å². The third kappa shape index (κ3) is 12.9. The van der Waals surface area contributed by atoms with Crippen molar-refractivity contribution in [3.05, 3.63) is 0 Å². The molecule has 0 aliphatic carbocycles. The summed E-state index contributed by atoms with van der Waals surface area (Å²) in [6.07, 6.45) is 2.07. The normalized spacial score (nSPS) is 12.6. The van der Waals surface area contributed by atoms with Crippen LogP contribution in [-0.4, -0.2) is 37.0 Å². The van der Waals surface area contributed by atoms with Crippen molar-refractivity contribution in [1.82, 2.24) is 10.2 Å². The summed E-state index contributed by atoms with van der Waals surface area (Å²) in [7, 11) is 1.97. The fraction of sp³-hybridized carbons (Fsp3) is 0.750. The van der Waals surface area contributed by atoms with Crippen molar-refractivity contribution in [2.24, 2.45) is 0 Å². The van der Waals surface area contributed by atoms with Crippen LogP contribution in [0.2, 0.25) is 0 Å². The van der Waals surface area contributed by atoms with Crippen molar-refractivity contribution in [1.29, 1.82) is 5.26 Å². The smallest absolute Gasteiger partial charge is 0.298 e. The number of rotatable bonds is 1. The van der Waals surface area contributed by atoms with E-state index in [0.29, 0.717) is 6.04 Å². The highest BCUT2D eigenvalue weighted by atomic mass is 16.2. The lowest BCUT2D eigenvalue weighted by molar-refractivity contribution is -0.126. The molecule has 0 radical (unpaired) electrons. The van der Waals surface area contributed by atoms with Gasteiger partial charge in [0.1, 0.15) is 0 Å². The molecule has 116 valence electrons. The molecular formula is C16H31N3O. The molecule has 4 heteroatoms. The molecule has 1 rings (SSSR count). The summed E-state index contributed by atoms with van der Waals surface area (Å²) >= 11 is 0. The molecule has 1 fully saturated rings. The molecular weight excluding hydrogens is 250 g/mol. The Morgan fingerprint density at radius 1 is 1.15 bits per heavy atom. The first-order valence-electron chi connectivity index (χ1n) is 7.39. The second-order valence-corrected chi connectivity index (χ2v) is 3.45. The van der Waals surface area contributed by atoms with Gasteiger partial charge in [0.25, 0.3) is 5.91 Å². The van der Waals surface area contributed by atoms with Gasteiger partial charge in [0.2, 0.25) is 0 Å². The fourth-order valence-electron chi connectivity index (χ4n) is 1.56. The molecule has 0 atom stereocenters. The predicted molar refractivity (Wildman–Crippen MR) is 86.1 cm³/mol. The van der Waals surface area contributed by atoms with Gasteiger partial charge < -0.3 is 10.2 Å². The van der Waals surface area contributed by atoms with Crippen LogP contribution in [0.25, 0.3) is 0 Å². The van der Waals surface area contributed by atoms with Crippen LogP contribution in [0.3, 0.4) is 0 Å². The SMILES string of the molecule is CC.CC.CC#CC(=O)N1CCC(NC)CC1.CC#N. The molecule has 0 aromatic rings. The molecule has 4 nitrogen and oxygen atoms in total. The van der Waals surface area contributed by atoms with Crippen LogP contribution in [-0.2, 0) is 4.79 Å².